The third-order valence-electron chi connectivity index (χ3n) is 6.02. The summed E-state index contributed by atoms with van der Waals surface area (Å²) in [6, 6.07) is 16.1. The Labute approximate surface area is 149 Å². The first-order valence-electron chi connectivity index (χ1n) is 9.09. The lowest BCUT2D eigenvalue weighted by Crippen LogP contribution is -2.49. The maximum atomic E-state index is 4.95. The Morgan fingerprint density at radius 1 is 0.800 bits per heavy atom. The largest absolute Gasteiger partial charge is 0.255 e. The zero-order valence-corrected chi connectivity index (χ0v) is 16.6. The SMILES string of the molecule is CC(C)(C)c1cnc2c(c1)c1cccc3c1c1c(cccc21)[Si]3(C)C. The Morgan fingerprint density at radius 2 is 1.40 bits per heavy atom. The van der Waals surface area contributed by atoms with Gasteiger partial charge in [-0.3, -0.25) is 4.98 Å². The summed E-state index contributed by atoms with van der Waals surface area (Å²) >= 11 is 0. The molecule has 124 valence electrons. The second-order valence-corrected chi connectivity index (χ2v) is 13.3. The van der Waals surface area contributed by atoms with E-state index in [2.05, 4.69) is 82.5 Å². The van der Waals surface area contributed by atoms with Crippen molar-refractivity contribution in [1.29, 1.82) is 0 Å². The molecule has 5 rings (SSSR count). The molecule has 0 amide bonds. The van der Waals surface area contributed by atoms with Gasteiger partial charge in [-0.05, 0) is 43.6 Å². The summed E-state index contributed by atoms with van der Waals surface area (Å²) in [7, 11) is -1.62. The van der Waals surface area contributed by atoms with Gasteiger partial charge in [0.15, 0.2) is 0 Å². The standard InChI is InChI=1S/C23H23NSi/c1-23(2,3)14-12-17-15-8-6-10-18-20(15)21-16(22(17)24-13-14)9-7-11-19(21)25(18,4)5/h6-13H,1-5H3. The van der Waals surface area contributed by atoms with Crippen molar-refractivity contribution in [3.63, 3.8) is 0 Å². The molecule has 0 spiro atoms. The summed E-state index contributed by atoms with van der Waals surface area (Å²) in [5, 5.41) is 10.1. The molecule has 4 aromatic rings. The summed E-state index contributed by atoms with van der Waals surface area (Å²) in [5.74, 6) is 0. The number of pyridine rings is 1. The zero-order chi connectivity index (χ0) is 17.6. The molecule has 0 bridgehead atoms. The average Bonchev–Trinajstić information content (AvgIpc) is 2.82. The molecule has 1 aliphatic heterocycles. The Hall–Kier alpha value is -2.19. The van der Waals surface area contributed by atoms with Gasteiger partial charge in [-0.1, -0.05) is 70.3 Å². The van der Waals surface area contributed by atoms with Crippen molar-refractivity contribution in [1.82, 2.24) is 4.98 Å². The van der Waals surface area contributed by atoms with Crippen molar-refractivity contribution in [2.24, 2.45) is 0 Å². The van der Waals surface area contributed by atoms with E-state index < -0.39 is 8.07 Å². The maximum Gasteiger partial charge on any atom is 0.113 e. The minimum atomic E-state index is -1.62. The quantitative estimate of drug-likeness (QED) is 0.325. The molecule has 0 unspecified atom stereocenters. The molecule has 3 aromatic carbocycles. The molecule has 1 aliphatic rings. The predicted octanol–water partition coefficient (Wildman–Crippen LogP) is 4.97. The Morgan fingerprint density at radius 3 is 2.04 bits per heavy atom. The Kier molecular flexibility index (Phi) is 2.72. The van der Waals surface area contributed by atoms with E-state index >= 15 is 0 Å². The van der Waals surface area contributed by atoms with E-state index in [1.807, 2.05) is 0 Å². The second-order valence-electron chi connectivity index (χ2n) is 8.95. The highest BCUT2D eigenvalue weighted by Crippen LogP contribution is 2.38. The lowest BCUT2D eigenvalue weighted by atomic mass is 9.86. The fraction of sp³-hybridized carbons (Fsp3) is 0.261. The number of nitrogens with zero attached hydrogens (tertiary/aromatic N) is 1. The summed E-state index contributed by atoms with van der Waals surface area (Å²) in [4.78, 5) is 4.95. The van der Waals surface area contributed by atoms with Crippen LogP contribution in [-0.4, -0.2) is 13.1 Å². The van der Waals surface area contributed by atoms with Crippen LogP contribution in [0.15, 0.2) is 48.7 Å². The van der Waals surface area contributed by atoms with Gasteiger partial charge in [-0.2, -0.15) is 0 Å². The molecule has 0 aliphatic carbocycles. The van der Waals surface area contributed by atoms with Crippen LogP contribution in [-0.2, 0) is 5.41 Å². The van der Waals surface area contributed by atoms with Crippen molar-refractivity contribution in [2.45, 2.75) is 39.3 Å². The first-order chi connectivity index (χ1) is 11.8. The van der Waals surface area contributed by atoms with Gasteiger partial charge in [0.05, 0.1) is 5.52 Å². The third-order valence-corrected chi connectivity index (χ3v) is 9.55. The van der Waals surface area contributed by atoms with Crippen LogP contribution in [0.3, 0.4) is 0 Å². The number of fused-ring (bicyclic) bond motifs is 3. The lowest BCUT2D eigenvalue weighted by Gasteiger charge is -2.20. The van der Waals surface area contributed by atoms with Crippen molar-refractivity contribution < 1.29 is 0 Å². The highest BCUT2D eigenvalue weighted by atomic mass is 28.3. The maximum absolute atomic E-state index is 4.95. The topological polar surface area (TPSA) is 12.9 Å². The summed E-state index contributed by atoms with van der Waals surface area (Å²) in [6.07, 6.45) is 2.07. The predicted molar refractivity (Wildman–Crippen MR) is 112 cm³/mol. The number of aromatic nitrogens is 1. The van der Waals surface area contributed by atoms with Crippen molar-refractivity contribution >= 4 is 50.9 Å². The smallest absolute Gasteiger partial charge is 0.113 e. The molecule has 25 heavy (non-hydrogen) atoms. The zero-order valence-electron chi connectivity index (χ0n) is 15.6. The van der Waals surface area contributed by atoms with Crippen LogP contribution in [0.2, 0.25) is 13.1 Å². The Bertz CT molecular complexity index is 1200. The van der Waals surface area contributed by atoms with Crippen LogP contribution >= 0.6 is 0 Å². The van der Waals surface area contributed by atoms with Gasteiger partial charge in [0, 0.05) is 17.0 Å². The minimum absolute atomic E-state index is 0.107. The highest BCUT2D eigenvalue weighted by molar-refractivity contribution is 7.05. The van der Waals surface area contributed by atoms with Gasteiger partial charge in [0.1, 0.15) is 8.07 Å². The number of benzene rings is 3. The van der Waals surface area contributed by atoms with E-state index in [0.29, 0.717) is 0 Å². The van der Waals surface area contributed by atoms with E-state index in [1.54, 1.807) is 10.4 Å². The van der Waals surface area contributed by atoms with E-state index in [1.165, 1.54) is 32.5 Å². The van der Waals surface area contributed by atoms with Crippen LogP contribution in [0.25, 0.3) is 32.4 Å². The fourth-order valence-corrected chi connectivity index (χ4v) is 7.63. The van der Waals surface area contributed by atoms with Crippen molar-refractivity contribution in [3.8, 4) is 0 Å². The van der Waals surface area contributed by atoms with Crippen LogP contribution in [0.5, 0.6) is 0 Å². The molecule has 1 nitrogen and oxygen atoms in total. The van der Waals surface area contributed by atoms with Crippen LogP contribution < -0.4 is 10.4 Å². The van der Waals surface area contributed by atoms with Crippen molar-refractivity contribution in [2.75, 3.05) is 0 Å². The Balaban J connectivity index is 2.10. The first kappa shape index (κ1) is 15.1. The second kappa shape index (κ2) is 4.50. The molecule has 0 fully saturated rings. The summed E-state index contributed by atoms with van der Waals surface area (Å²) in [6.45, 7) is 11.7. The normalized spacial score (nSPS) is 15.7. The average molecular weight is 342 g/mol. The highest BCUT2D eigenvalue weighted by Gasteiger charge is 2.36. The molecule has 2 heteroatoms. The number of rotatable bonds is 0. The lowest BCUT2D eigenvalue weighted by molar-refractivity contribution is 0.589. The van der Waals surface area contributed by atoms with E-state index in [-0.39, 0.29) is 5.41 Å². The monoisotopic (exact) mass is 341 g/mol. The first-order valence-corrected chi connectivity index (χ1v) is 12.1. The van der Waals surface area contributed by atoms with Crippen LogP contribution in [0, 0.1) is 0 Å². The van der Waals surface area contributed by atoms with Gasteiger partial charge >= 0.3 is 0 Å². The van der Waals surface area contributed by atoms with Gasteiger partial charge < -0.3 is 0 Å². The number of hydrogen-bond acceptors (Lipinski definition) is 1. The molecule has 0 N–H and O–H groups in total. The molecule has 1 aromatic heterocycles. The molecule has 2 heterocycles. The van der Waals surface area contributed by atoms with E-state index in [0.717, 1.165) is 5.52 Å². The van der Waals surface area contributed by atoms with Gasteiger partial charge in [0.2, 0.25) is 0 Å². The minimum Gasteiger partial charge on any atom is -0.255 e. The van der Waals surface area contributed by atoms with E-state index in [9.17, 15) is 0 Å². The molecular weight excluding hydrogens is 318 g/mol. The van der Waals surface area contributed by atoms with Gasteiger partial charge in [-0.15, -0.1) is 0 Å². The summed E-state index contributed by atoms with van der Waals surface area (Å²) < 4.78 is 0. The fourth-order valence-electron chi connectivity index (χ4n) is 4.55. The van der Waals surface area contributed by atoms with Crippen LogP contribution in [0.1, 0.15) is 26.3 Å². The van der Waals surface area contributed by atoms with Gasteiger partial charge in [0.25, 0.3) is 0 Å². The molecule has 0 saturated carbocycles. The number of hydrogen-bond donors (Lipinski definition) is 0. The summed E-state index contributed by atoms with van der Waals surface area (Å²) in [5.41, 5.74) is 2.56. The molecular formula is C23H23NSi. The third kappa shape index (κ3) is 1.81. The van der Waals surface area contributed by atoms with Crippen LogP contribution in [0.4, 0.5) is 0 Å². The molecule has 0 atom stereocenters. The molecule has 0 saturated heterocycles. The van der Waals surface area contributed by atoms with Crippen molar-refractivity contribution in [3.05, 3.63) is 54.2 Å². The molecule has 0 radical (unpaired) electrons. The van der Waals surface area contributed by atoms with E-state index in [4.69, 9.17) is 4.98 Å². The van der Waals surface area contributed by atoms with Gasteiger partial charge in [-0.25, -0.2) is 0 Å².